The van der Waals surface area contributed by atoms with E-state index in [9.17, 15) is 14.4 Å². The molecule has 0 aromatic carbocycles. The highest BCUT2D eigenvalue weighted by atomic mass is 16.5. The third-order valence-corrected chi connectivity index (χ3v) is 2.99. The maximum atomic E-state index is 11.9. The molecule has 0 aromatic rings. The molecule has 0 aliphatic heterocycles. The Morgan fingerprint density at radius 1 is 1.24 bits per heavy atom. The van der Waals surface area contributed by atoms with E-state index in [1.165, 1.54) is 6.92 Å². The molecule has 3 amide bonds. The van der Waals surface area contributed by atoms with E-state index in [2.05, 4.69) is 10.6 Å². The number of esters is 1. The van der Waals surface area contributed by atoms with Gasteiger partial charge < -0.3 is 10.1 Å². The summed E-state index contributed by atoms with van der Waals surface area (Å²) in [5.41, 5.74) is -0.446. The highest BCUT2D eigenvalue weighted by Gasteiger charge is 2.26. The number of hydrogen-bond donors (Lipinski definition) is 2. The molecule has 0 fully saturated rings. The van der Waals surface area contributed by atoms with Crippen LogP contribution in [-0.2, 0) is 14.3 Å². The number of ether oxygens (including phenoxy) is 1. The van der Waals surface area contributed by atoms with Gasteiger partial charge in [0.25, 0.3) is 5.91 Å². The van der Waals surface area contributed by atoms with Crippen LogP contribution in [0.15, 0.2) is 12.2 Å². The molecule has 0 spiro atoms. The van der Waals surface area contributed by atoms with Crippen molar-refractivity contribution in [2.75, 3.05) is 0 Å². The third kappa shape index (κ3) is 6.42. The number of rotatable bonds is 3. The number of urea groups is 1. The Labute approximate surface area is 125 Å². The molecule has 6 heteroatoms. The first-order valence-corrected chi connectivity index (χ1v) is 7.17. The minimum absolute atomic E-state index is 0.200. The Morgan fingerprint density at radius 3 is 2.43 bits per heavy atom. The maximum absolute atomic E-state index is 11.9. The third-order valence-electron chi connectivity index (χ3n) is 2.99. The standard InChI is InChI=1S/C15H24N2O4/c1-10(12(18)16-14(20)17-15(2,3)4)21-13(19)11-8-6-5-7-9-11/h5-6,10-11H,7-9H2,1-4H3,(H2,16,17,18,20)/t10-,11+/m1/s1. The summed E-state index contributed by atoms with van der Waals surface area (Å²) < 4.78 is 5.12. The summed E-state index contributed by atoms with van der Waals surface area (Å²) >= 11 is 0. The number of amides is 3. The first-order valence-electron chi connectivity index (χ1n) is 7.17. The lowest BCUT2D eigenvalue weighted by atomic mass is 9.95. The van der Waals surface area contributed by atoms with Gasteiger partial charge in [-0.15, -0.1) is 0 Å². The van der Waals surface area contributed by atoms with Crippen molar-refractivity contribution >= 4 is 17.9 Å². The quantitative estimate of drug-likeness (QED) is 0.615. The fourth-order valence-corrected chi connectivity index (χ4v) is 1.92. The van der Waals surface area contributed by atoms with Gasteiger partial charge in [-0.25, -0.2) is 4.79 Å². The van der Waals surface area contributed by atoms with E-state index in [0.717, 1.165) is 12.8 Å². The van der Waals surface area contributed by atoms with E-state index in [1.54, 1.807) is 20.8 Å². The van der Waals surface area contributed by atoms with Crippen molar-refractivity contribution in [3.05, 3.63) is 12.2 Å². The molecule has 6 nitrogen and oxygen atoms in total. The van der Waals surface area contributed by atoms with Gasteiger partial charge in [0.05, 0.1) is 5.92 Å². The first-order chi connectivity index (χ1) is 9.69. The van der Waals surface area contributed by atoms with Crippen molar-refractivity contribution in [1.82, 2.24) is 10.6 Å². The van der Waals surface area contributed by atoms with Crippen molar-refractivity contribution in [3.63, 3.8) is 0 Å². The van der Waals surface area contributed by atoms with Crippen molar-refractivity contribution in [3.8, 4) is 0 Å². The molecular weight excluding hydrogens is 272 g/mol. The Balaban J connectivity index is 2.42. The number of imide groups is 1. The molecule has 1 rings (SSSR count). The summed E-state index contributed by atoms with van der Waals surface area (Å²) in [7, 11) is 0. The van der Waals surface area contributed by atoms with Gasteiger partial charge in [-0.1, -0.05) is 12.2 Å². The smallest absolute Gasteiger partial charge is 0.321 e. The summed E-state index contributed by atoms with van der Waals surface area (Å²) in [6.45, 7) is 6.86. The monoisotopic (exact) mass is 296 g/mol. The molecule has 2 atom stereocenters. The topological polar surface area (TPSA) is 84.5 Å². The molecule has 0 saturated heterocycles. The largest absolute Gasteiger partial charge is 0.452 e. The number of hydrogen-bond acceptors (Lipinski definition) is 4. The van der Waals surface area contributed by atoms with Gasteiger partial charge in [-0.05, 0) is 47.0 Å². The molecule has 21 heavy (non-hydrogen) atoms. The number of nitrogens with one attached hydrogen (secondary N) is 2. The average Bonchev–Trinajstić information content (AvgIpc) is 2.37. The van der Waals surface area contributed by atoms with Crippen LogP contribution in [0.25, 0.3) is 0 Å². The predicted molar refractivity (Wildman–Crippen MR) is 78.5 cm³/mol. The van der Waals surface area contributed by atoms with E-state index in [1.807, 2.05) is 12.2 Å². The maximum Gasteiger partial charge on any atom is 0.321 e. The molecular formula is C15H24N2O4. The van der Waals surface area contributed by atoms with Gasteiger partial charge in [-0.2, -0.15) is 0 Å². The summed E-state index contributed by atoms with van der Waals surface area (Å²) in [6, 6.07) is -0.601. The second kappa shape index (κ2) is 7.24. The number of carbonyl (C=O) groups is 3. The zero-order valence-corrected chi connectivity index (χ0v) is 13.1. The van der Waals surface area contributed by atoms with Crippen LogP contribution >= 0.6 is 0 Å². The van der Waals surface area contributed by atoms with Crippen LogP contribution in [0.4, 0.5) is 4.79 Å². The van der Waals surface area contributed by atoms with E-state index >= 15 is 0 Å². The lowest BCUT2D eigenvalue weighted by Crippen LogP contribution is -2.50. The van der Waals surface area contributed by atoms with Crippen LogP contribution < -0.4 is 10.6 Å². The molecule has 1 aliphatic rings. The number of carbonyl (C=O) groups excluding carboxylic acids is 3. The van der Waals surface area contributed by atoms with Gasteiger partial charge in [0.15, 0.2) is 6.10 Å². The van der Waals surface area contributed by atoms with Gasteiger partial charge in [0, 0.05) is 5.54 Å². The molecule has 1 aliphatic carbocycles. The molecule has 2 N–H and O–H groups in total. The van der Waals surface area contributed by atoms with Crippen LogP contribution in [0.5, 0.6) is 0 Å². The van der Waals surface area contributed by atoms with E-state index in [-0.39, 0.29) is 5.92 Å². The zero-order chi connectivity index (χ0) is 16.0. The Kier molecular flexibility index (Phi) is 5.93. The Morgan fingerprint density at radius 2 is 1.90 bits per heavy atom. The van der Waals surface area contributed by atoms with Crippen LogP contribution in [0.3, 0.4) is 0 Å². The van der Waals surface area contributed by atoms with Crippen molar-refractivity contribution in [1.29, 1.82) is 0 Å². The highest BCUT2D eigenvalue weighted by molar-refractivity contribution is 5.97. The Hall–Kier alpha value is -1.85. The molecule has 0 radical (unpaired) electrons. The van der Waals surface area contributed by atoms with Crippen LogP contribution in [0.1, 0.15) is 47.0 Å². The van der Waals surface area contributed by atoms with Crippen LogP contribution in [0.2, 0.25) is 0 Å². The van der Waals surface area contributed by atoms with Crippen molar-refractivity contribution < 1.29 is 19.1 Å². The first kappa shape index (κ1) is 17.2. The molecule has 0 heterocycles. The van der Waals surface area contributed by atoms with Crippen LogP contribution in [-0.4, -0.2) is 29.6 Å². The fraction of sp³-hybridized carbons (Fsp3) is 0.667. The van der Waals surface area contributed by atoms with Gasteiger partial charge in [0.2, 0.25) is 0 Å². The lowest BCUT2D eigenvalue weighted by molar-refractivity contribution is -0.158. The van der Waals surface area contributed by atoms with E-state index in [0.29, 0.717) is 6.42 Å². The second-order valence-electron chi connectivity index (χ2n) is 6.25. The minimum Gasteiger partial charge on any atom is -0.452 e. The van der Waals surface area contributed by atoms with Gasteiger partial charge in [0.1, 0.15) is 0 Å². The summed E-state index contributed by atoms with van der Waals surface area (Å²) in [5.74, 6) is -1.22. The summed E-state index contributed by atoms with van der Waals surface area (Å²) in [5, 5.41) is 4.77. The van der Waals surface area contributed by atoms with Crippen molar-refractivity contribution in [2.24, 2.45) is 5.92 Å². The number of allylic oxidation sites excluding steroid dienone is 2. The second-order valence-corrected chi connectivity index (χ2v) is 6.25. The normalized spacial score (nSPS) is 19.5. The molecule has 0 saturated carbocycles. The van der Waals surface area contributed by atoms with Crippen molar-refractivity contribution in [2.45, 2.75) is 58.6 Å². The zero-order valence-electron chi connectivity index (χ0n) is 13.1. The molecule has 0 aromatic heterocycles. The predicted octanol–water partition coefficient (Wildman–Crippen LogP) is 1.90. The molecule has 118 valence electrons. The average molecular weight is 296 g/mol. The SMILES string of the molecule is C[C@@H](OC(=O)[C@H]1CC=CCC1)C(=O)NC(=O)NC(C)(C)C. The van der Waals surface area contributed by atoms with E-state index in [4.69, 9.17) is 4.74 Å². The minimum atomic E-state index is -0.992. The molecule has 0 unspecified atom stereocenters. The highest BCUT2D eigenvalue weighted by Crippen LogP contribution is 2.20. The fourth-order valence-electron chi connectivity index (χ4n) is 1.92. The van der Waals surface area contributed by atoms with Gasteiger partial charge in [-0.3, -0.25) is 14.9 Å². The summed E-state index contributed by atoms with van der Waals surface area (Å²) in [6.07, 6.45) is 5.18. The van der Waals surface area contributed by atoms with Gasteiger partial charge >= 0.3 is 12.0 Å². The lowest BCUT2D eigenvalue weighted by Gasteiger charge is -2.22. The van der Waals surface area contributed by atoms with Crippen LogP contribution in [0, 0.1) is 5.92 Å². The summed E-state index contributed by atoms with van der Waals surface area (Å²) in [4.78, 5) is 35.3. The Bertz CT molecular complexity index is 437. The van der Waals surface area contributed by atoms with E-state index < -0.39 is 29.6 Å². The molecule has 0 bridgehead atoms.